The molecule has 2 heterocycles. The van der Waals surface area contributed by atoms with Gasteiger partial charge in [0.25, 0.3) is 5.56 Å². The number of rotatable bonds is 5. The molecule has 0 amide bonds. The molecule has 2 rings (SSSR count). The molecule has 20 heavy (non-hydrogen) atoms. The van der Waals surface area contributed by atoms with E-state index in [4.69, 9.17) is 6.42 Å². The third-order valence-electron chi connectivity index (χ3n) is 2.55. The molecule has 0 aliphatic carbocycles. The first kappa shape index (κ1) is 14.8. The second kappa shape index (κ2) is 6.68. The first-order valence-electron chi connectivity index (χ1n) is 5.95. The van der Waals surface area contributed by atoms with Crippen molar-refractivity contribution in [2.45, 2.75) is 19.9 Å². The average Bonchev–Trinajstić information content (AvgIpc) is 2.84. The molecule has 0 atom stereocenters. The van der Waals surface area contributed by atoms with Gasteiger partial charge < -0.3 is 5.32 Å². The lowest BCUT2D eigenvalue weighted by Crippen LogP contribution is -2.24. The van der Waals surface area contributed by atoms with Crippen LogP contribution < -0.4 is 10.9 Å². The molecule has 0 aromatic carbocycles. The van der Waals surface area contributed by atoms with Gasteiger partial charge in [0.05, 0.1) is 16.9 Å². The van der Waals surface area contributed by atoms with Crippen molar-refractivity contribution >= 4 is 33.0 Å². The number of halogens is 1. The van der Waals surface area contributed by atoms with Gasteiger partial charge in [-0.2, -0.15) is 5.10 Å². The lowest BCUT2D eigenvalue weighted by atomic mass is 10.4. The predicted molar refractivity (Wildman–Crippen MR) is 84.1 cm³/mol. The van der Waals surface area contributed by atoms with Gasteiger partial charge in [0.15, 0.2) is 0 Å². The first-order chi connectivity index (χ1) is 9.61. The summed E-state index contributed by atoms with van der Waals surface area (Å²) in [6, 6.07) is 0. The van der Waals surface area contributed by atoms with Crippen LogP contribution in [0.1, 0.15) is 10.7 Å². The number of aryl methyl sites for hydroxylation is 1. The number of anilines is 1. The van der Waals surface area contributed by atoms with Crippen LogP contribution in [-0.4, -0.2) is 21.3 Å². The Labute approximate surface area is 129 Å². The van der Waals surface area contributed by atoms with Crippen molar-refractivity contribution in [1.29, 1.82) is 0 Å². The average molecular weight is 353 g/mol. The highest BCUT2D eigenvalue weighted by Crippen LogP contribution is 2.16. The second-order valence-corrected chi connectivity index (χ2v) is 5.83. The van der Waals surface area contributed by atoms with E-state index in [0.717, 1.165) is 17.1 Å². The molecule has 0 aliphatic rings. The number of nitrogens with one attached hydrogen (secondary N) is 1. The minimum atomic E-state index is -0.238. The van der Waals surface area contributed by atoms with Gasteiger partial charge in [-0.05, 0) is 22.9 Å². The normalized spacial score (nSPS) is 10.2. The number of hydrogen-bond acceptors (Lipinski definition) is 5. The van der Waals surface area contributed by atoms with E-state index in [-0.39, 0.29) is 12.1 Å². The molecule has 7 heteroatoms. The van der Waals surface area contributed by atoms with E-state index in [0.29, 0.717) is 16.7 Å². The Morgan fingerprint density at radius 1 is 1.60 bits per heavy atom. The molecule has 0 aliphatic heterocycles. The number of aromatic nitrogens is 3. The summed E-state index contributed by atoms with van der Waals surface area (Å²) in [7, 11) is 0. The van der Waals surface area contributed by atoms with Crippen molar-refractivity contribution in [3.8, 4) is 12.3 Å². The minimum absolute atomic E-state index is 0.163. The molecule has 0 spiro atoms. The highest BCUT2D eigenvalue weighted by Gasteiger charge is 2.08. The SMILES string of the molecule is C#CCn1ncc(NCCc2nc(C)cs2)c(Br)c1=O. The van der Waals surface area contributed by atoms with Crippen LogP contribution in [-0.2, 0) is 13.0 Å². The van der Waals surface area contributed by atoms with E-state index < -0.39 is 0 Å². The van der Waals surface area contributed by atoms with Gasteiger partial charge in [-0.1, -0.05) is 5.92 Å². The molecule has 0 radical (unpaired) electrons. The van der Waals surface area contributed by atoms with E-state index in [1.165, 1.54) is 4.68 Å². The summed E-state index contributed by atoms with van der Waals surface area (Å²) in [5.74, 6) is 2.39. The van der Waals surface area contributed by atoms with Gasteiger partial charge in [-0.3, -0.25) is 4.79 Å². The number of thiazole rings is 1. The molecule has 0 fully saturated rings. The Morgan fingerprint density at radius 3 is 3.05 bits per heavy atom. The molecule has 104 valence electrons. The molecular weight excluding hydrogens is 340 g/mol. The molecule has 2 aromatic rings. The third kappa shape index (κ3) is 3.46. The van der Waals surface area contributed by atoms with Crippen molar-refractivity contribution < 1.29 is 0 Å². The molecule has 5 nitrogen and oxygen atoms in total. The Morgan fingerprint density at radius 2 is 2.40 bits per heavy atom. The summed E-state index contributed by atoms with van der Waals surface area (Å²) < 4.78 is 1.68. The smallest absolute Gasteiger partial charge is 0.284 e. The molecule has 0 saturated heterocycles. The first-order valence-corrected chi connectivity index (χ1v) is 7.63. The van der Waals surface area contributed by atoms with Crippen molar-refractivity contribution in [1.82, 2.24) is 14.8 Å². The molecule has 2 aromatic heterocycles. The zero-order valence-corrected chi connectivity index (χ0v) is 13.3. The number of terminal acetylenes is 1. The fraction of sp³-hybridized carbons (Fsp3) is 0.308. The fourth-order valence-electron chi connectivity index (χ4n) is 1.61. The van der Waals surface area contributed by atoms with E-state index in [1.54, 1.807) is 17.5 Å². The molecule has 0 unspecified atom stereocenters. The van der Waals surface area contributed by atoms with Crippen LogP contribution in [0.5, 0.6) is 0 Å². The van der Waals surface area contributed by atoms with Gasteiger partial charge in [0, 0.05) is 24.0 Å². The maximum atomic E-state index is 11.9. The van der Waals surface area contributed by atoms with Crippen LogP contribution in [0.4, 0.5) is 5.69 Å². The summed E-state index contributed by atoms with van der Waals surface area (Å²) in [5, 5.41) is 10.3. The largest absolute Gasteiger partial charge is 0.382 e. The Kier molecular flexibility index (Phi) is 4.93. The highest BCUT2D eigenvalue weighted by molar-refractivity contribution is 9.10. The lowest BCUT2D eigenvalue weighted by Gasteiger charge is -2.08. The number of hydrogen-bond donors (Lipinski definition) is 1. The van der Waals surface area contributed by atoms with Gasteiger partial charge in [-0.25, -0.2) is 9.67 Å². The maximum absolute atomic E-state index is 11.9. The van der Waals surface area contributed by atoms with E-state index >= 15 is 0 Å². The topological polar surface area (TPSA) is 59.8 Å². The second-order valence-electron chi connectivity index (χ2n) is 4.10. The summed E-state index contributed by atoms with van der Waals surface area (Å²) in [5.41, 5.74) is 1.46. The molecule has 0 bridgehead atoms. The summed E-state index contributed by atoms with van der Waals surface area (Å²) in [6.07, 6.45) is 7.57. The van der Waals surface area contributed by atoms with Crippen LogP contribution in [0.15, 0.2) is 20.8 Å². The van der Waals surface area contributed by atoms with Crippen molar-refractivity contribution in [2.75, 3.05) is 11.9 Å². The van der Waals surface area contributed by atoms with Gasteiger partial charge in [0.1, 0.15) is 11.0 Å². The Hall–Kier alpha value is -1.65. The van der Waals surface area contributed by atoms with Gasteiger partial charge in [0.2, 0.25) is 0 Å². The van der Waals surface area contributed by atoms with Gasteiger partial charge >= 0.3 is 0 Å². The van der Waals surface area contributed by atoms with Crippen LogP contribution in [0.2, 0.25) is 0 Å². The van der Waals surface area contributed by atoms with Crippen LogP contribution in [0.25, 0.3) is 0 Å². The lowest BCUT2D eigenvalue weighted by molar-refractivity contribution is 0.659. The van der Waals surface area contributed by atoms with Gasteiger partial charge in [-0.15, -0.1) is 17.8 Å². The van der Waals surface area contributed by atoms with Crippen LogP contribution in [0, 0.1) is 19.3 Å². The summed E-state index contributed by atoms with van der Waals surface area (Å²) >= 11 is 4.91. The third-order valence-corrected chi connectivity index (χ3v) is 4.34. The predicted octanol–water partition coefficient (Wildman–Crippen LogP) is 2.06. The molecular formula is C13H13BrN4OS. The molecule has 0 saturated carbocycles. The van der Waals surface area contributed by atoms with E-state index in [1.807, 2.05) is 12.3 Å². The Bertz CT molecular complexity index is 701. The standard InChI is InChI=1S/C13H13BrN4OS/c1-3-6-18-13(19)12(14)10(7-16-18)15-5-4-11-17-9(2)8-20-11/h1,7-8,15H,4-6H2,2H3. The van der Waals surface area contributed by atoms with Crippen molar-refractivity contribution in [2.24, 2.45) is 0 Å². The quantitative estimate of drug-likeness (QED) is 0.836. The van der Waals surface area contributed by atoms with Crippen molar-refractivity contribution in [3.63, 3.8) is 0 Å². The van der Waals surface area contributed by atoms with Crippen LogP contribution in [0.3, 0.4) is 0 Å². The summed E-state index contributed by atoms with van der Waals surface area (Å²) in [6.45, 7) is 2.82. The maximum Gasteiger partial charge on any atom is 0.284 e. The summed E-state index contributed by atoms with van der Waals surface area (Å²) in [4.78, 5) is 16.3. The number of nitrogens with zero attached hydrogens (tertiary/aromatic N) is 3. The van der Waals surface area contributed by atoms with Crippen molar-refractivity contribution in [3.05, 3.63) is 37.1 Å². The Balaban J connectivity index is 2.02. The van der Waals surface area contributed by atoms with E-state index in [2.05, 4.69) is 37.2 Å². The fourth-order valence-corrected chi connectivity index (χ4v) is 2.83. The van der Waals surface area contributed by atoms with E-state index in [9.17, 15) is 4.79 Å². The zero-order valence-electron chi connectivity index (χ0n) is 10.9. The molecule has 1 N–H and O–H groups in total. The van der Waals surface area contributed by atoms with Crippen LogP contribution >= 0.6 is 27.3 Å². The zero-order chi connectivity index (χ0) is 14.5. The monoisotopic (exact) mass is 352 g/mol. The minimum Gasteiger partial charge on any atom is -0.382 e. The highest BCUT2D eigenvalue weighted by atomic mass is 79.9.